The Bertz CT molecular complexity index is 703. The largest absolute Gasteiger partial charge is 0.493 e. The number of ether oxygens (including phenoxy) is 2. The van der Waals surface area contributed by atoms with Gasteiger partial charge in [-0.1, -0.05) is 0 Å². The predicted molar refractivity (Wildman–Crippen MR) is 107 cm³/mol. The quantitative estimate of drug-likeness (QED) is 0.682. The van der Waals surface area contributed by atoms with Gasteiger partial charge in [-0.3, -0.25) is 9.69 Å². The van der Waals surface area contributed by atoms with Crippen molar-refractivity contribution in [3.63, 3.8) is 0 Å². The van der Waals surface area contributed by atoms with Crippen LogP contribution >= 0.6 is 0 Å². The van der Waals surface area contributed by atoms with Gasteiger partial charge in [0.15, 0.2) is 11.5 Å². The number of amides is 1. The summed E-state index contributed by atoms with van der Waals surface area (Å²) in [6.07, 6.45) is 1.74. The summed E-state index contributed by atoms with van der Waals surface area (Å²) < 4.78 is 16.5. The standard InChI is InChI=1S/C21H30N2O4/c1-15(2)23(16(3)4)10-12-27-20-13-17(8-9-19(20)25-5)22-21(24)14-18-7-6-11-26-18/h6-9,11,13,15-16H,10,12,14H2,1-5H3,(H,22,24). The molecule has 0 spiro atoms. The highest BCUT2D eigenvalue weighted by Crippen LogP contribution is 2.30. The Morgan fingerprint density at radius 3 is 2.48 bits per heavy atom. The van der Waals surface area contributed by atoms with Crippen LogP contribution < -0.4 is 14.8 Å². The first-order valence-electron chi connectivity index (χ1n) is 9.29. The third kappa shape index (κ3) is 6.32. The van der Waals surface area contributed by atoms with E-state index in [1.807, 2.05) is 0 Å². The number of hydrogen-bond donors (Lipinski definition) is 1. The lowest BCUT2D eigenvalue weighted by Crippen LogP contribution is -2.39. The second-order valence-corrected chi connectivity index (χ2v) is 6.94. The van der Waals surface area contributed by atoms with Crippen LogP contribution in [-0.4, -0.2) is 43.2 Å². The number of hydrogen-bond acceptors (Lipinski definition) is 5. The second kappa shape index (κ2) is 10.0. The maximum absolute atomic E-state index is 12.1. The molecule has 0 unspecified atom stereocenters. The summed E-state index contributed by atoms with van der Waals surface area (Å²) in [4.78, 5) is 14.5. The molecule has 0 aliphatic carbocycles. The highest BCUT2D eigenvalue weighted by molar-refractivity contribution is 5.92. The van der Waals surface area contributed by atoms with Gasteiger partial charge >= 0.3 is 0 Å². The molecule has 1 aromatic carbocycles. The van der Waals surface area contributed by atoms with E-state index in [1.165, 1.54) is 0 Å². The molecule has 1 aromatic heterocycles. The highest BCUT2D eigenvalue weighted by Gasteiger charge is 2.14. The Labute approximate surface area is 161 Å². The number of methoxy groups -OCH3 is 1. The average molecular weight is 374 g/mol. The van der Waals surface area contributed by atoms with E-state index >= 15 is 0 Å². The molecular formula is C21H30N2O4. The molecule has 0 bridgehead atoms. The van der Waals surface area contributed by atoms with Crippen LogP contribution in [0, 0.1) is 0 Å². The van der Waals surface area contributed by atoms with Crippen LogP contribution in [0.5, 0.6) is 11.5 Å². The molecule has 0 aliphatic rings. The molecule has 2 aromatic rings. The van der Waals surface area contributed by atoms with Crippen LogP contribution in [-0.2, 0) is 11.2 Å². The summed E-state index contributed by atoms with van der Waals surface area (Å²) in [6, 6.07) is 9.80. The molecule has 2 rings (SSSR count). The van der Waals surface area contributed by atoms with Gasteiger partial charge in [0, 0.05) is 30.4 Å². The Morgan fingerprint density at radius 1 is 1.15 bits per heavy atom. The zero-order chi connectivity index (χ0) is 19.8. The summed E-state index contributed by atoms with van der Waals surface area (Å²) in [5.41, 5.74) is 0.659. The lowest BCUT2D eigenvalue weighted by Gasteiger charge is -2.30. The Balaban J connectivity index is 1.98. The second-order valence-electron chi connectivity index (χ2n) is 6.94. The average Bonchev–Trinajstić information content (AvgIpc) is 3.11. The summed E-state index contributed by atoms with van der Waals surface area (Å²) in [5.74, 6) is 1.73. The molecule has 0 atom stereocenters. The molecule has 0 saturated carbocycles. The van der Waals surface area contributed by atoms with Crippen molar-refractivity contribution < 1.29 is 18.7 Å². The Morgan fingerprint density at radius 2 is 1.89 bits per heavy atom. The van der Waals surface area contributed by atoms with Crippen LogP contribution in [0.4, 0.5) is 5.69 Å². The van der Waals surface area contributed by atoms with Gasteiger partial charge in [-0.15, -0.1) is 0 Å². The fourth-order valence-electron chi connectivity index (χ4n) is 3.02. The summed E-state index contributed by atoms with van der Waals surface area (Å²) in [6.45, 7) is 10.1. The normalized spacial score (nSPS) is 11.3. The lowest BCUT2D eigenvalue weighted by atomic mass is 10.2. The number of benzene rings is 1. The van der Waals surface area contributed by atoms with Crippen molar-refractivity contribution in [2.75, 3.05) is 25.6 Å². The van der Waals surface area contributed by atoms with Crippen molar-refractivity contribution in [1.29, 1.82) is 0 Å². The summed E-state index contributed by atoms with van der Waals surface area (Å²) in [5, 5.41) is 2.86. The SMILES string of the molecule is COc1ccc(NC(=O)Cc2ccco2)cc1OCCN(C(C)C)C(C)C. The maximum atomic E-state index is 12.1. The Kier molecular flexibility index (Phi) is 7.73. The van der Waals surface area contributed by atoms with Crippen molar-refractivity contribution in [2.45, 2.75) is 46.2 Å². The number of anilines is 1. The van der Waals surface area contributed by atoms with Crippen molar-refractivity contribution in [1.82, 2.24) is 4.90 Å². The number of nitrogens with zero attached hydrogens (tertiary/aromatic N) is 1. The third-order valence-corrected chi connectivity index (χ3v) is 4.30. The molecule has 1 heterocycles. The fourth-order valence-corrected chi connectivity index (χ4v) is 3.02. The van der Waals surface area contributed by atoms with Crippen LogP contribution in [0.15, 0.2) is 41.0 Å². The minimum atomic E-state index is -0.146. The third-order valence-electron chi connectivity index (χ3n) is 4.30. The van der Waals surface area contributed by atoms with Crippen LogP contribution in [0.3, 0.4) is 0 Å². The molecule has 0 aliphatic heterocycles. The van der Waals surface area contributed by atoms with Gasteiger partial charge in [-0.05, 0) is 52.0 Å². The number of nitrogens with one attached hydrogen (secondary N) is 1. The van der Waals surface area contributed by atoms with E-state index in [1.54, 1.807) is 43.7 Å². The topological polar surface area (TPSA) is 63.9 Å². The minimum Gasteiger partial charge on any atom is -0.493 e. The van der Waals surface area contributed by atoms with Crippen molar-refractivity contribution >= 4 is 11.6 Å². The molecule has 1 amide bonds. The van der Waals surface area contributed by atoms with Gasteiger partial charge < -0.3 is 19.2 Å². The van der Waals surface area contributed by atoms with Gasteiger partial charge in [0.05, 0.1) is 19.8 Å². The molecule has 0 radical (unpaired) electrons. The first-order valence-corrected chi connectivity index (χ1v) is 9.29. The van der Waals surface area contributed by atoms with Crippen molar-refractivity contribution in [2.24, 2.45) is 0 Å². The molecule has 1 N–H and O–H groups in total. The molecule has 27 heavy (non-hydrogen) atoms. The zero-order valence-electron chi connectivity index (χ0n) is 16.8. The lowest BCUT2D eigenvalue weighted by molar-refractivity contribution is -0.115. The van der Waals surface area contributed by atoms with E-state index in [0.29, 0.717) is 41.6 Å². The van der Waals surface area contributed by atoms with Crippen molar-refractivity contribution in [3.05, 3.63) is 42.4 Å². The molecule has 6 heteroatoms. The Hall–Kier alpha value is -2.47. The fraction of sp³-hybridized carbons (Fsp3) is 0.476. The first-order chi connectivity index (χ1) is 12.9. The molecule has 0 saturated heterocycles. The smallest absolute Gasteiger partial charge is 0.231 e. The summed E-state index contributed by atoms with van der Waals surface area (Å²) in [7, 11) is 1.60. The molecule has 148 valence electrons. The highest BCUT2D eigenvalue weighted by atomic mass is 16.5. The van der Waals surface area contributed by atoms with E-state index in [2.05, 4.69) is 37.9 Å². The number of rotatable bonds is 10. The van der Waals surface area contributed by atoms with E-state index < -0.39 is 0 Å². The van der Waals surface area contributed by atoms with Crippen LogP contribution in [0.2, 0.25) is 0 Å². The molecule has 6 nitrogen and oxygen atoms in total. The minimum absolute atomic E-state index is 0.146. The first kappa shape index (κ1) is 20.8. The van der Waals surface area contributed by atoms with E-state index in [-0.39, 0.29) is 12.3 Å². The number of furan rings is 1. The maximum Gasteiger partial charge on any atom is 0.231 e. The van der Waals surface area contributed by atoms with E-state index in [9.17, 15) is 4.79 Å². The van der Waals surface area contributed by atoms with Gasteiger partial charge in [-0.2, -0.15) is 0 Å². The van der Waals surface area contributed by atoms with Crippen molar-refractivity contribution in [3.8, 4) is 11.5 Å². The molecular weight excluding hydrogens is 344 g/mol. The van der Waals surface area contributed by atoms with Gasteiger partial charge in [0.25, 0.3) is 0 Å². The van der Waals surface area contributed by atoms with Gasteiger partial charge in [0.1, 0.15) is 12.4 Å². The number of carbonyl (C=O) groups excluding carboxylic acids is 1. The summed E-state index contributed by atoms with van der Waals surface area (Å²) >= 11 is 0. The van der Waals surface area contributed by atoms with E-state index in [4.69, 9.17) is 13.9 Å². The monoisotopic (exact) mass is 374 g/mol. The van der Waals surface area contributed by atoms with Crippen LogP contribution in [0.1, 0.15) is 33.5 Å². The van der Waals surface area contributed by atoms with Gasteiger partial charge in [-0.25, -0.2) is 0 Å². The van der Waals surface area contributed by atoms with Gasteiger partial charge in [0.2, 0.25) is 5.91 Å². The van der Waals surface area contributed by atoms with E-state index in [0.717, 1.165) is 6.54 Å². The van der Waals surface area contributed by atoms with Crippen LogP contribution in [0.25, 0.3) is 0 Å². The molecule has 0 fully saturated rings. The zero-order valence-corrected chi connectivity index (χ0v) is 16.8. The predicted octanol–water partition coefficient (Wildman–Crippen LogP) is 3.97. The number of carbonyl (C=O) groups is 1.